The van der Waals surface area contributed by atoms with E-state index in [1.165, 1.54) is 0 Å². The third kappa shape index (κ3) is 4.58. The van der Waals surface area contributed by atoms with Crippen molar-refractivity contribution in [2.24, 2.45) is 0 Å². The topological polar surface area (TPSA) is 81.4 Å². The number of carbonyl (C=O) groups excluding carboxylic acids is 1. The molecule has 0 radical (unpaired) electrons. The molecular weight excluding hydrogens is 462 g/mol. The van der Waals surface area contributed by atoms with Crippen LogP contribution in [0.2, 0.25) is 5.02 Å². The van der Waals surface area contributed by atoms with Crippen LogP contribution in [0.3, 0.4) is 0 Å². The van der Waals surface area contributed by atoms with Gasteiger partial charge in [0, 0.05) is 10.7 Å². The Kier molecular flexibility index (Phi) is 6.16. The third-order valence-corrected chi connectivity index (χ3v) is 5.83. The Morgan fingerprint density at radius 3 is 2.43 bits per heavy atom. The molecule has 5 rings (SSSR count). The Balaban J connectivity index is 1.41. The fourth-order valence-corrected chi connectivity index (χ4v) is 4.06. The van der Waals surface area contributed by atoms with Gasteiger partial charge >= 0.3 is 0 Å². The summed E-state index contributed by atoms with van der Waals surface area (Å²) in [5.41, 5.74) is 4.63. The molecule has 0 aliphatic heterocycles. The second-order valence-corrected chi connectivity index (χ2v) is 8.39. The monoisotopic (exact) mass is 483 g/mol. The van der Waals surface area contributed by atoms with Gasteiger partial charge < -0.3 is 10.1 Å². The quantitative estimate of drug-likeness (QED) is 0.304. The summed E-state index contributed by atoms with van der Waals surface area (Å²) in [7, 11) is 0. The fraction of sp³-hybridized carbons (Fsp3) is 0.111. The maximum Gasteiger partial charge on any atom is 0.278 e. The van der Waals surface area contributed by atoms with Gasteiger partial charge in [0.25, 0.3) is 5.91 Å². The van der Waals surface area contributed by atoms with Crippen molar-refractivity contribution in [3.8, 4) is 22.6 Å². The molecule has 0 saturated heterocycles. The number of nitrogens with zero attached hydrogens (tertiary/aromatic N) is 4. The average Bonchev–Trinajstić information content (AvgIpc) is 3.26. The number of rotatable bonds is 6. The SMILES string of the molecule is CCc1nn2c(C)c(C(=O)Nc3ccc(Oc4ccccc4)cc3)nnc2c1-c1cccc(Cl)c1. The van der Waals surface area contributed by atoms with Gasteiger partial charge in [-0.1, -0.05) is 48.9 Å². The first kappa shape index (κ1) is 22.6. The van der Waals surface area contributed by atoms with E-state index in [-0.39, 0.29) is 11.6 Å². The molecule has 1 amide bonds. The minimum atomic E-state index is -0.369. The predicted molar refractivity (Wildman–Crippen MR) is 136 cm³/mol. The predicted octanol–water partition coefficient (Wildman–Crippen LogP) is 6.36. The third-order valence-electron chi connectivity index (χ3n) is 5.59. The van der Waals surface area contributed by atoms with Gasteiger partial charge in [0.1, 0.15) is 11.5 Å². The second kappa shape index (κ2) is 9.56. The Morgan fingerprint density at radius 2 is 1.71 bits per heavy atom. The van der Waals surface area contributed by atoms with Gasteiger partial charge in [0.15, 0.2) is 11.3 Å². The van der Waals surface area contributed by atoms with Gasteiger partial charge in [0.2, 0.25) is 0 Å². The molecule has 0 bridgehead atoms. The van der Waals surface area contributed by atoms with E-state index in [2.05, 4.69) is 15.5 Å². The molecule has 1 N–H and O–H groups in total. The van der Waals surface area contributed by atoms with Gasteiger partial charge in [-0.25, -0.2) is 4.52 Å². The standard InChI is InChI=1S/C27H22ClN5O2/c1-3-23-24(18-8-7-9-19(28)16-18)26-31-30-25(17(2)33(26)32-23)27(34)29-20-12-14-22(15-13-20)35-21-10-5-4-6-11-21/h4-16H,3H2,1-2H3,(H,29,34). The van der Waals surface area contributed by atoms with E-state index in [0.29, 0.717) is 34.2 Å². The summed E-state index contributed by atoms with van der Waals surface area (Å²) in [6, 6.07) is 24.2. The van der Waals surface area contributed by atoms with Crippen molar-refractivity contribution in [3.63, 3.8) is 0 Å². The van der Waals surface area contributed by atoms with Crippen LogP contribution in [0, 0.1) is 6.92 Å². The summed E-state index contributed by atoms with van der Waals surface area (Å²) in [6.07, 6.45) is 0.698. The first-order valence-electron chi connectivity index (χ1n) is 11.2. The smallest absolute Gasteiger partial charge is 0.278 e. The lowest BCUT2D eigenvalue weighted by Gasteiger charge is -2.09. The van der Waals surface area contributed by atoms with Crippen LogP contribution in [-0.4, -0.2) is 25.7 Å². The first-order valence-corrected chi connectivity index (χ1v) is 11.6. The molecule has 2 heterocycles. The van der Waals surface area contributed by atoms with Crippen LogP contribution in [0.25, 0.3) is 16.8 Å². The van der Waals surface area contributed by atoms with Gasteiger partial charge in [-0.05, 0) is 67.4 Å². The zero-order chi connectivity index (χ0) is 24.4. The molecule has 0 fully saturated rings. The van der Waals surface area contributed by atoms with Crippen LogP contribution in [0.1, 0.15) is 28.8 Å². The maximum absolute atomic E-state index is 13.0. The molecule has 35 heavy (non-hydrogen) atoms. The number of para-hydroxylation sites is 1. The fourth-order valence-electron chi connectivity index (χ4n) is 3.87. The summed E-state index contributed by atoms with van der Waals surface area (Å²) in [6.45, 7) is 3.83. The summed E-state index contributed by atoms with van der Waals surface area (Å²) >= 11 is 6.21. The van der Waals surface area contributed by atoms with Gasteiger partial charge in [-0.2, -0.15) is 5.10 Å². The highest BCUT2D eigenvalue weighted by atomic mass is 35.5. The Hall–Kier alpha value is -4.23. The van der Waals surface area contributed by atoms with Gasteiger partial charge in [-0.3, -0.25) is 4.79 Å². The number of halogens is 1. The van der Waals surface area contributed by atoms with Crippen molar-refractivity contribution in [3.05, 3.63) is 101 Å². The molecule has 0 unspecified atom stereocenters. The van der Waals surface area contributed by atoms with E-state index in [9.17, 15) is 4.79 Å². The highest BCUT2D eigenvalue weighted by Gasteiger charge is 2.21. The molecule has 0 atom stereocenters. The number of carbonyl (C=O) groups is 1. The van der Waals surface area contributed by atoms with E-state index in [1.807, 2.05) is 68.4 Å². The van der Waals surface area contributed by atoms with Gasteiger partial charge in [-0.15, -0.1) is 10.2 Å². The van der Waals surface area contributed by atoms with E-state index >= 15 is 0 Å². The highest BCUT2D eigenvalue weighted by molar-refractivity contribution is 6.30. The Labute approximate surface area is 207 Å². The van der Waals surface area contributed by atoms with E-state index in [1.54, 1.807) is 28.8 Å². The minimum absolute atomic E-state index is 0.199. The van der Waals surface area contributed by atoms with Crippen molar-refractivity contribution < 1.29 is 9.53 Å². The molecule has 3 aromatic carbocycles. The molecule has 0 aliphatic carbocycles. The summed E-state index contributed by atoms with van der Waals surface area (Å²) in [5.74, 6) is 1.04. The minimum Gasteiger partial charge on any atom is -0.457 e. The molecule has 174 valence electrons. The summed E-state index contributed by atoms with van der Waals surface area (Å²) in [5, 5.41) is 16.8. The molecule has 2 aromatic heterocycles. The lowest BCUT2D eigenvalue weighted by molar-refractivity contribution is 0.102. The normalized spacial score (nSPS) is 10.9. The van der Waals surface area contributed by atoms with Crippen molar-refractivity contribution in [1.29, 1.82) is 0 Å². The summed E-state index contributed by atoms with van der Waals surface area (Å²) < 4.78 is 7.48. The number of aryl methyl sites for hydroxylation is 2. The average molecular weight is 484 g/mol. The van der Waals surface area contributed by atoms with Crippen LogP contribution in [0.4, 0.5) is 5.69 Å². The van der Waals surface area contributed by atoms with E-state index < -0.39 is 0 Å². The lowest BCUT2D eigenvalue weighted by atomic mass is 10.0. The molecule has 0 spiro atoms. The van der Waals surface area contributed by atoms with Crippen molar-refractivity contribution in [2.45, 2.75) is 20.3 Å². The number of anilines is 1. The molecular formula is C27H22ClN5O2. The molecule has 5 aromatic rings. The van der Waals surface area contributed by atoms with Crippen LogP contribution < -0.4 is 10.1 Å². The number of ether oxygens (including phenoxy) is 1. The molecule has 7 nitrogen and oxygen atoms in total. The van der Waals surface area contributed by atoms with Crippen LogP contribution in [0.5, 0.6) is 11.5 Å². The lowest BCUT2D eigenvalue weighted by Crippen LogP contribution is -2.18. The number of benzene rings is 3. The largest absolute Gasteiger partial charge is 0.457 e. The van der Waals surface area contributed by atoms with Gasteiger partial charge in [0.05, 0.1) is 17.0 Å². The zero-order valence-corrected chi connectivity index (χ0v) is 20.0. The molecule has 8 heteroatoms. The Bertz CT molecular complexity index is 1510. The number of hydrogen-bond donors (Lipinski definition) is 1. The molecule has 0 saturated carbocycles. The maximum atomic E-state index is 13.0. The van der Waals surface area contributed by atoms with E-state index in [0.717, 1.165) is 22.6 Å². The van der Waals surface area contributed by atoms with E-state index in [4.69, 9.17) is 21.4 Å². The number of nitrogens with one attached hydrogen (secondary N) is 1. The van der Waals surface area contributed by atoms with Crippen LogP contribution in [-0.2, 0) is 6.42 Å². The van der Waals surface area contributed by atoms with Crippen LogP contribution in [0.15, 0.2) is 78.9 Å². The first-order chi connectivity index (χ1) is 17.0. The van der Waals surface area contributed by atoms with Crippen molar-refractivity contribution in [1.82, 2.24) is 19.8 Å². The van der Waals surface area contributed by atoms with Crippen molar-refractivity contribution in [2.75, 3.05) is 5.32 Å². The zero-order valence-electron chi connectivity index (χ0n) is 19.2. The van der Waals surface area contributed by atoms with Crippen LogP contribution >= 0.6 is 11.6 Å². The van der Waals surface area contributed by atoms with Crippen molar-refractivity contribution >= 4 is 28.8 Å². The molecule has 0 aliphatic rings. The number of amides is 1. The number of fused-ring (bicyclic) bond motifs is 1. The number of hydrogen-bond acceptors (Lipinski definition) is 5. The highest BCUT2D eigenvalue weighted by Crippen LogP contribution is 2.30. The number of aromatic nitrogens is 4. The summed E-state index contributed by atoms with van der Waals surface area (Å²) in [4.78, 5) is 13.0. The second-order valence-electron chi connectivity index (χ2n) is 7.95. The Morgan fingerprint density at radius 1 is 0.971 bits per heavy atom.